The number of amides is 1. The fraction of sp³-hybridized carbons (Fsp3) is 0.250. The Bertz CT molecular complexity index is 1180. The van der Waals surface area contributed by atoms with Gasteiger partial charge in [-0.15, -0.1) is 10.2 Å². The van der Waals surface area contributed by atoms with Gasteiger partial charge >= 0.3 is 0 Å². The van der Waals surface area contributed by atoms with Crippen LogP contribution in [0.3, 0.4) is 0 Å². The SMILES string of the molecule is COc1cc(-c2nnc(SCC(=O)Nc3cc([N+](=O)[O-])ccc3Cl)n2C)cc(OC)c1OC. The largest absolute Gasteiger partial charge is 0.493 e. The number of aromatic nitrogens is 3. The Hall–Kier alpha value is -3.51. The number of thioether (sulfide) groups is 1. The predicted molar refractivity (Wildman–Crippen MR) is 124 cm³/mol. The number of rotatable bonds is 9. The molecule has 1 amide bonds. The molecule has 1 aromatic heterocycles. The number of hydrogen-bond acceptors (Lipinski definition) is 9. The van der Waals surface area contributed by atoms with Crippen molar-refractivity contribution in [2.45, 2.75) is 5.16 Å². The van der Waals surface area contributed by atoms with E-state index in [1.54, 1.807) is 23.7 Å². The average molecular weight is 494 g/mol. The number of hydrogen-bond donors (Lipinski definition) is 1. The van der Waals surface area contributed by atoms with Crippen LogP contribution in [-0.4, -0.2) is 52.7 Å². The zero-order valence-corrected chi connectivity index (χ0v) is 19.7. The van der Waals surface area contributed by atoms with E-state index >= 15 is 0 Å². The molecule has 0 radical (unpaired) electrons. The molecule has 0 aliphatic heterocycles. The quantitative estimate of drug-likeness (QED) is 0.268. The van der Waals surface area contributed by atoms with E-state index in [9.17, 15) is 14.9 Å². The lowest BCUT2D eigenvalue weighted by molar-refractivity contribution is -0.384. The highest BCUT2D eigenvalue weighted by molar-refractivity contribution is 7.99. The number of methoxy groups -OCH3 is 3. The fourth-order valence-corrected chi connectivity index (χ4v) is 3.82. The summed E-state index contributed by atoms with van der Waals surface area (Å²) < 4.78 is 17.8. The summed E-state index contributed by atoms with van der Waals surface area (Å²) in [5, 5.41) is 22.6. The summed E-state index contributed by atoms with van der Waals surface area (Å²) in [6.07, 6.45) is 0. The summed E-state index contributed by atoms with van der Waals surface area (Å²) in [4.78, 5) is 22.8. The zero-order chi connectivity index (χ0) is 24.1. The second-order valence-corrected chi connectivity index (χ2v) is 7.89. The van der Waals surface area contributed by atoms with E-state index in [1.165, 1.54) is 39.5 Å². The van der Waals surface area contributed by atoms with Gasteiger partial charge < -0.3 is 24.1 Å². The topological polar surface area (TPSA) is 131 Å². The van der Waals surface area contributed by atoms with Gasteiger partial charge in [-0.1, -0.05) is 23.4 Å². The molecular weight excluding hydrogens is 474 g/mol. The van der Waals surface area contributed by atoms with Crippen molar-refractivity contribution in [3.63, 3.8) is 0 Å². The molecule has 0 spiro atoms. The van der Waals surface area contributed by atoms with Gasteiger partial charge in [-0.2, -0.15) is 0 Å². The molecule has 1 heterocycles. The van der Waals surface area contributed by atoms with Crippen LogP contribution in [0.25, 0.3) is 11.4 Å². The number of anilines is 1. The van der Waals surface area contributed by atoms with Crippen molar-refractivity contribution >= 4 is 40.6 Å². The third-order valence-corrected chi connectivity index (χ3v) is 5.87. The first-order chi connectivity index (χ1) is 15.8. The third kappa shape index (κ3) is 5.29. The number of nitrogens with one attached hydrogen (secondary N) is 1. The lowest BCUT2D eigenvalue weighted by Crippen LogP contribution is -2.15. The van der Waals surface area contributed by atoms with Gasteiger partial charge in [-0.25, -0.2) is 0 Å². The number of nitro benzene ring substituents is 1. The van der Waals surface area contributed by atoms with Gasteiger partial charge in [0.25, 0.3) is 5.69 Å². The van der Waals surface area contributed by atoms with Crippen LogP contribution in [-0.2, 0) is 11.8 Å². The van der Waals surface area contributed by atoms with E-state index in [2.05, 4.69) is 15.5 Å². The van der Waals surface area contributed by atoms with Gasteiger partial charge in [0.05, 0.1) is 42.7 Å². The molecule has 33 heavy (non-hydrogen) atoms. The molecule has 0 aliphatic carbocycles. The number of ether oxygens (including phenoxy) is 3. The molecule has 13 heteroatoms. The minimum absolute atomic E-state index is 0.0136. The van der Waals surface area contributed by atoms with Gasteiger partial charge in [0.2, 0.25) is 11.7 Å². The minimum Gasteiger partial charge on any atom is -0.493 e. The number of carbonyl (C=O) groups is 1. The molecule has 2 aromatic carbocycles. The molecule has 0 bridgehead atoms. The van der Waals surface area contributed by atoms with Crippen LogP contribution in [0.1, 0.15) is 0 Å². The Morgan fingerprint density at radius 3 is 2.39 bits per heavy atom. The number of nitrogens with zero attached hydrogens (tertiary/aromatic N) is 4. The maximum absolute atomic E-state index is 12.4. The predicted octanol–water partition coefficient (Wildman–Crippen LogP) is 3.80. The summed E-state index contributed by atoms with van der Waals surface area (Å²) in [6, 6.07) is 7.31. The first-order valence-corrected chi connectivity index (χ1v) is 10.7. The first-order valence-electron chi connectivity index (χ1n) is 9.35. The fourth-order valence-electron chi connectivity index (χ4n) is 2.94. The molecule has 0 fully saturated rings. The minimum atomic E-state index is -0.565. The normalized spacial score (nSPS) is 10.6. The summed E-state index contributed by atoms with van der Waals surface area (Å²) in [7, 11) is 6.32. The van der Waals surface area contributed by atoms with Crippen LogP contribution in [0.15, 0.2) is 35.5 Å². The van der Waals surface area contributed by atoms with E-state index < -0.39 is 10.8 Å². The number of nitro groups is 1. The van der Waals surface area contributed by atoms with Gasteiger partial charge in [0.15, 0.2) is 22.5 Å². The third-order valence-electron chi connectivity index (χ3n) is 4.53. The average Bonchev–Trinajstić information content (AvgIpc) is 3.18. The second kappa shape index (κ2) is 10.4. The van der Waals surface area contributed by atoms with Crippen LogP contribution in [0.4, 0.5) is 11.4 Å². The second-order valence-electron chi connectivity index (χ2n) is 6.54. The molecule has 3 aromatic rings. The highest BCUT2D eigenvalue weighted by Crippen LogP contribution is 2.41. The first kappa shape index (κ1) is 24.1. The standard InChI is InChI=1S/C20H20ClN5O6S/c1-25-19(11-7-15(30-2)18(32-4)16(8-11)31-3)23-24-20(25)33-10-17(27)22-14-9-12(26(28)29)5-6-13(14)21/h5-9H,10H2,1-4H3,(H,22,27). The number of halogens is 1. The Labute approximate surface area is 198 Å². The van der Waals surface area contributed by atoms with Crippen LogP contribution in [0, 0.1) is 10.1 Å². The number of carbonyl (C=O) groups excluding carboxylic acids is 1. The Morgan fingerprint density at radius 2 is 1.82 bits per heavy atom. The Balaban J connectivity index is 1.75. The van der Waals surface area contributed by atoms with E-state index in [1.807, 2.05) is 0 Å². The van der Waals surface area contributed by atoms with Crippen molar-refractivity contribution < 1.29 is 23.9 Å². The molecule has 0 saturated heterocycles. The lowest BCUT2D eigenvalue weighted by Gasteiger charge is -2.14. The molecule has 3 rings (SSSR count). The monoisotopic (exact) mass is 493 g/mol. The van der Waals surface area contributed by atoms with E-state index in [-0.39, 0.29) is 22.2 Å². The Kier molecular flexibility index (Phi) is 7.61. The highest BCUT2D eigenvalue weighted by atomic mass is 35.5. The maximum atomic E-state index is 12.4. The van der Waals surface area contributed by atoms with Crippen molar-refractivity contribution in [1.82, 2.24) is 14.8 Å². The lowest BCUT2D eigenvalue weighted by atomic mass is 10.1. The number of non-ortho nitro benzene ring substituents is 1. The zero-order valence-electron chi connectivity index (χ0n) is 18.1. The smallest absolute Gasteiger partial charge is 0.271 e. The molecular formula is C20H20ClN5O6S. The van der Waals surface area contributed by atoms with Gasteiger partial charge in [0, 0.05) is 24.7 Å². The van der Waals surface area contributed by atoms with E-state index in [4.69, 9.17) is 25.8 Å². The Morgan fingerprint density at radius 1 is 1.15 bits per heavy atom. The number of benzene rings is 2. The van der Waals surface area contributed by atoms with Gasteiger partial charge in [0.1, 0.15) is 0 Å². The van der Waals surface area contributed by atoms with Crippen molar-refractivity contribution in [2.75, 3.05) is 32.4 Å². The molecule has 0 saturated carbocycles. The summed E-state index contributed by atoms with van der Waals surface area (Å²) in [6.45, 7) is 0. The summed E-state index contributed by atoms with van der Waals surface area (Å²) in [5.41, 5.74) is 0.664. The van der Waals surface area contributed by atoms with Crippen LogP contribution in [0.5, 0.6) is 17.2 Å². The van der Waals surface area contributed by atoms with Crippen molar-refractivity contribution in [2.24, 2.45) is 7.05 Å². The van der Waals surface area contributed by atoms with Gasteiger partial charge in [-0.05, 0) is 18.2 Å². The molecule has 174 valence electrons. The summed E-state index contributed by atoms with van der Waals surface area (Å²) >= 11 is 7.18. The molecule has 0 aliphatic rings. The van der Waals surface area contributed by atoms with Crippen molar-refractivity contribution in [3.8, 4) is 28.6 Å². The molecule has 0 unspecified atom stereocenters. The van der Waals surface area contributed by atoms with E-state index in [0.717, 1.165) is 11.8 Å². The van der Waals surface area contributed by atoms with Crippen LogP contribution in [0.2, 0.25) is 5.02 Å². The van der Waals surface area contributed by atoms with Crippen molar-refractivity contribution in [3.05, 3.63) is 45.5 Å². The van der Waals surface area contributed by atoms with Crippen molar-refractivity contribution in [1.29, 1.82) is 0 Å². The molecule has 1 N–H and O–H groups in total. The van der Waals surface area contributed by atoms with Gasteiger partial charge in [-0.3, -0.25) is 14.9 Å². The summed E-state index contributed by atoms with van der Waals surface area (Å²) in [5.74, 6) is 1.51. The molecule has 11 nitrogen and oxygen atoms in total. The maximum Gasteiger partial charge on any atom is 0.271 e. The highest BCUT2D eigenvalue weighted by Gasteiger charge is 2.19. The van der Waals surface area contributed by atoms with Crippen LogP contribution >= 0.6 is 23.4 Å². The van der Waals surface area contributed by atoms with E-state index in [0.29, 0.717) is 33.8 Å². The molecule has 0 atom stereocenters. The van der Waals surface area contributed by atoms with Crippen LogP contribution < -0.4 is 19.5 Å².